The molecule has 0 radical (unpaired) electrons. The maximum atomic E-state index is 13.8. The normalized spacial score (nSPS) is 12.1. The van der Waals surface area contributed by atoms with Gasteiger partial charge in [-0.25, -0.2) is 9.97 Å². The van der Waals surface area contributed by atoms with Gasteiger partial charge in [-0.2, -0.15) is 0 Å². The number of aromatic nitrogens is 3. The van der Waals surface area contributed by atoms with E-state index in [9.17, 15) is 22.8 Å². The minimum atomic E-state index is -4.88. The largest absolute Gasteiger partial charge is 0.573 e. The first-order valence-electron chi connectivity index (χ1n) is 12.6. The molecule has 0 unspecified atom stereocenters. The molecule has 0 aliphatic carbocycles. The van der Waals surface area contributed by atoms with Crippen LogP contribution in [-0.2, 0) is 17.9 Å². The van der Waals surface area contributed by atoms with E-state index in [4.69, 9.17) is 11.6 Å². The number of fused-ring (bicyclic) bond motifs is 1. The number of hydrogen-bond donors (Lipinski definition) is 1. The van der Waals surface area contributed by atoms with Crippen LogP contribution in [-0.4, -0.2) is 51.3 Å². The first-order chi connectivity index (χ1) is 19.1. The first-order valence-corrected chi connectivity index (χ1v) is 13.0. The van der Waals surface area contributed by atoms with E-state index in [0.29, 0.717) is 33.8 Å². The summed E-state index contributed by atoms with van der Waals surface area (Å²) in [6.45, 7) is 5.49. The van der Waals surface area contributed by atoms with E-state index in [2.05, 4.69) is 20.0 Å². The van der Waals surface area contributed by atoms with Crippen LogP contribution in [0.3, 0.4) is 0 Å². The molecule has 41 heavy (non-hydrogen) atoms. The van der Waals surface area contributed by atoms with Gasteiger partial charge in [-0.15, -0.1) is 13.2 Å². The van der Waals surface area contributed by atoms with E-state index >= 15 is 0 Å². The van der Waals surface area contributed by atoms with Crippen molar-refractivity contribution in [1.29, 1.82) is 0 Å². The number of amides is 1. The van der Waals surface area contributed by atoms with Crippen LogP contribution < -0.4 is 15.6 Å². The summed E-state index contributed by atoms with van der Waals surface area (Å²) in [5.74, 6) is -0.598. The first kappa shape index (κ1) is 30.0. The third-order valence-electron chi connectivity index (χ3n) is 5.74. The van der Waals surface area contributed by atoms with Gasteiger partial charge >= 0.3 is 6.36 Å². The molecule has 1 amide bonds. The second-order valence-electron chi connectivity index (χ2n) is 10.9. The van der Waals surface area contributed by atoms with Crippen molar-refractivity contribution in [2.45, 2.75) is 45.8 Å². The smallest absolute Gasteiger partial charge is 0.406 e. The lowest BCUT2D eigenvalue weighted by molar-refractivity contribution is -0.274. The summed E-state index contributed by atoms with van der Waals surface area (Å²) in [7, 11) is 3.58. The van der Waals surface area contributed by atoms with Crippen LogP contribution >= 0.6 is 11.6 Å². The van der Waals surface area contributed by atoms with Crippen molar-refractivity contribution in [3.8, 4) is 28.3 Å². The maximum absolute atomic E-state index is 13.8. The number of benzene rings is 2. The van der Waals surface area contributed by atoms with Crippen LogP contribution in [0.5, 0.6) is 5.75 Å². The van der Waals surface area contributed by atoms with E-state index in [1.165, 1.54) is 29.0 Å². The Morgan fingerprint density at radius 3 is 2.41 bits per heavy atom. The zero-order chi connectivity index (χ0) is 30.1. The molecule has 0 saturated carbocycles. The third kappa shape index (κ3) is 7.83. The van der Waals surface area contributed by atoms with Crippen molar-refractivity contribution in [1.82, 2.24) is 24.8 Å². The summed E-state index contributed by atoms with van der Waals surface area (Å²) in [6, 6.07) is 12.5. The Kier molecular flexibility index (Phi) is 8.41. The zero-order valence-electron chi connectivity index (χ0n) is 23.1. The average molecular weight is 588 g/mol. The Balaban J connectivity index is 1.89. The summed E-state index contributed by atoms with van der Waals surface area (Å²) in [4.78, 5) is 37.5. The van der Waals surface area contributed by atoms with E-state index in [1.54, 1.807) is 49.3 Å². The predicted molar refractivity (Wildman–Crippen MR) is 152 cm³/mol. The SMILES string of the molecule is CN(C)Cc1cc(OC(F)(F)F)cc(-c2cnc3nc(-c4cccc(Cl)c4)n(CC(=O)NC(C)(C)C)c(=O)c3c2)c1. The van der Waals surface area contributed by atoms with Crippen LogP contribution in [0, 0.1) is 0 Å². The number of nitrogens with zero attached hydrogens (tertiary/aromatic N) is 4. The number of pyridine rings is 1. The van der Waals surface area contributed by atoms with Gasteiger partial charge in [0.25, 0.3) is 5.56 Å². The Hall–Kier alpha value is -3.96. The minimum Gasteiger partial charge on any atom is -0.406 e. The van der Waals surface area contributed by atoms with Crippen LogP contribution in [0.25, 0.3) is 33.5 Å². The number of nitrogens with one attached hydrogen (secondary N) is 1. The molecule has 0 aliphatic heterocycles. The third-order valence-corrected chi connectivity index (χ3v) is 5.98. The van der Waals surface area contributed by atoms with Crippen molar-refractivity contribution < 1.29 is 22.7 Å². The fourth-order valence-corrected chi connectivity index (χ4v) is 4.53. The number of alkyl halides is 3. The standard InChI is InChI=1S/C29H29ClF3N5O3/c1-28(2,3)36-24(39)16-38-26(18-7-6-8-21(30)11-18)35-25-23(27(38)40)13-20(14-34-25)19-9-17(15-37(4)5)10-22(12-19)41-29(31,32)33/h6-14H,15-16H2,1-5H3,(H,36,39). The lowest BCUT2D eigenvalue weighted by Gasteiger charge is -2.21. The molecule has 2 aromatic heterocycles. The number of hydrogen-bond acceptors (Lipinski definition) is 6. The number of halogens is 4. The van der Waals surface area contributed by atoms with Gasteiger partial charge in [0.15, 0.2) is 5.65 Å². The Bertz CT molecular complexity index is 1660. The maximum Gasteiger partial charge on any atom is 0.573 e. The van der Waals surface area contributed by atoms with Gasteiger partial charge in [0.1, 0.15) is 18.1 Å². The molecule has 2 aromatic carbocycles. The molecule has 8 nitrogen and oxygen atoms in total. The molecule has 4 rings (SSSR count). The van der Waals surface area contributed by atoms with E-state index < -0.39 is 29.1 Å². The molecule has 12 heteroatoms. The topological polar surface area (TPSA) is 89.3 Å². The molecule has 0 fully saturated rings. The molecule has 1 N–H and O–H groups in total. The minimum absolute atomic E-state index is 0.0909. The van der Waals surface area contributed by atoms with Crippen LogP contribution in [0.1, 0.15) is 26.3 Å². The van der Waals surface area contributed by atoms with E-state index in [0.717, 1.165) is 0 Å². The van der Waals surface area contributed by atoms with Gasteiger partial charge in [0.05, 0.1) is 5.39 Å². The second kappa shape index (κ2) is 11.5. The van der Waals surface area contributed by atoms with Crippen LogP contribution in [0.2, 0.25) is 5.02 Å². The van der Waals surface area contributed by atoms with Gasteiger partial charge in [-0.05, 0) is 82.4 Å². The summed E-state index contributed by atoms with van der Waals surface area (Å²) >= 11 is 6.19. The van der Waals surface area contributed by atoms with Gasteiger partial charge in [0, 0.05) is 34.4 Å². The Labute approximate surface area is 239 Å². The molecular weight excluding hydrogens is 559 g/mol. The van der Waals surface area contributed by atoms with Crippen molar-refractivity contribution in [3.05, 3.63) is 75.7 Å². The van der Waals surface area contributed by atoms with E-state index in [-0.39, 0.29) is 23.4 Å². The van der Waals surface area contributed by atoms with Gasteiger partial charge in [0.2, 0.25) is 5.91 Å². The number of carbonyl (C=O) groups is 1. The summed E-state index contributed by atoms with van der Waals surface area (Å²) in [5.41, 5.74) is 0.855. The monoisotopic (exact) mass is 587 g/mol. The molecular formula is C29H29ClF3N5O3. The fourth-order valence-electron chi connectivity index (χ4n) is 4.34. The van der Waals surface area contributed by atoms with Crippen molar-refractivity contribution >= 4 is 28.5 Å². The fraction of sp³-hybridized carbons (Fsp3) is 0.310. The van der Waals surface area contributed by atoms with Crippen molar-refractivity contribution in [2.75, 3.05) is 14.1 Å². The molecule has 4 aromatic rings. The summed E-state index contributed by atoms with van der Waals surface area (Å²) in [6.07, 6.45) is -3.45. The number of ether oxygens (including phenoxy) is 1. The number of carbonyl (C=O) groups excluding carboxylic acids is 1. The molecule has 0 saturated heterocycles. The summed E-state index contributed by atoms with van der Waals surface area (Å²) in [5, 5.41) is 3.35. The van der Waals surface area contributed by atoms with Gasteiger partial charge in [-0.3, -0.25) is 14.2 Å². The van der Waals surface area contributed by atoms with Crippen LogP contribution in [0.15, 0.2) is 59.5 Å². The molecule has 216 valence electrons. The lowest BCUT2D eigenvalue weighted by Crippen LogP contribution is -2.43. The quantitative estimate of drug-likeness (QED) is 0.300. The highest BCUT2D eigenvalue weighted by Gasteiger charge is 2.31. The molecule has 0 bridgehead atoms. The van der Waals surface area contributed by atoms with Gasteiger partial charge < -0.3 is 15.0 Å². The Morgan fingerprint density at radius 1 is 1.05 bits per heavy atom. The van der Waals surface area contributed by atoms with Crippen molar-refractivity contribution in [3.63, 3.8) is 0 Å². The highest BCUT2D eigenvalue weighted by atomic mass is 35.5. The zero-order valence-corrected chi connectivity index (χ0v) is 23.9. The lowest BCUT2D eigenvalue weighted by atomic mass is 10.0. The second-order valence-corrected chi connectivity index (χ2v) is 11.3. The molecule has 0 spiro atoms. The molecule has 0 atom stereocenters. The average Bonchev–Trinajstić information content (AvgIpc) is 2.82. The van der Waals surface area contributed by atoms with E-state index in [1.807, 2.05) is 20.8 Å². The van der Waals surface area contributed by atoms with Crippen LogP contribution in [0.4, 0.5) is 13.2 Å². The highest BCUT2D eigenvalue weighted by Crippen LogP contribution is 2.31. The van der Waals surface area contributed by atoms with Gasteiger partial charge in [-0.1, -0.05) is 23.7 Å². The van der Waals surface area contributed by atoms with Crippen molar-refractivity contribution in [2.24, 2.45) is 0 Å². The highest BCUT2D eigenvalue weighted by molar-refractivity contribution is 6.30. The Morgan fingerprint density at radius 2 is 1.78 bits per heavy atom. The molecule has 2 heterocycles. The number of rotatable bonds is 7. The summed E-state index contributed by atoms with van der Waals surface area (Å²) < 4.78 is 44.6. The predicted octanol–water partition coefficient (Wildman–Crippen LogP) is 5.65. The molecule has 0 aliphatic rings.